The number of aromatic nitrogens is 1. The molecular formula is C17H12BrClN2O2S. The normalized spacial score (nSPS) is 10.6. The molecule has 122 valence electrons. The Bertz CT molecular complexity index is 835. The van der Waals surface area contributed by atoms with Gasteiger partial charge in [-0.2, -0.15) is 0 Å². The molecule has 7 heteroatoms. The molecule has 4 nitrogen and oxygen atoms in total. The van der Waals surface area contributed by atoms with Gasteiger partial charge in [-0.3, -0.25) is 4.79 Å². The Balaban J connectivity index is 1.56. The Morgan fingerprint density at radius 2 is 1.88 bits per heavy atom. The molecule has 0 saturated carbocycles. The summed E-state index contributed by atoms with van der Waals surface area (Å²) in [5.41, 5.74) is 1.64. The second kappa shape index (κ2) is 7.88. The van der Waals surface area contributed by atoms with Crippen molar-refractivity contribution in [3.63, 3.8) is 0 Å². The lowest BCUT2D eigenvalue weighted by molar-refractivity contribution is -0.113. The van der Waals surface area contributed by atoms with E-state index in [0.717, 1.165) is 15.7 Å². The van der Waals surface area contributed by atoms with Gasteiger partial charge in [0.1, 0.15) is 0 Å². The summed E-state index contributed by atoms with van der Waals surface area (Å²) in [5, 5.41) is 3.93. The number of carbonyl (C=O) groups is 1. The van der Waals surface area contributed by atoms with E-state index >= 15 is 0 Å². The number of halogens is 2. The number of nitrogens with one attached hydrogen (secondary N) is 1. The van der Waals surface area contributed by atoms with Crippen LogP contribution in [0.25, 0.3) is 11.3 Å². The maximum atomic E-state index is 12.0. The molecular weight excluding hydrogens is 412 g/mol. The fourth-order valence-electron chi connectivity index (χ4n) is 1.93. The van der Waals surface area contributed by atoms with Crippen molar-refractivity contribution in [2.24, 2.45) is 0 Å². The molecule has 0 aliphatic heterocycles. The van der Waals surface area contributed by atoms with Crippen molar-refractivity contribution in [1.82, 2.24) is 4.98 Å². The molecule has 3 aromatic rings. The highest BCUT2D eigenvalue weighted by Gasteiger charge is 2.10. The van der Waals surface area contributed by atoms with Gasteiger partial charge in [-0.1, -0.05) is 39.3 Å². The SMILES string of the molecule is O=C(CSc1ncc(-c2ccc(Cl)cc2)o1)Nc1ccc(Br)cc1. The molecule has 0 unspecified atom stereocenters. The van der Waals surface area contributed by atoms with Crippen LogP contribution in [0.5, 0.6) is 0 Å². The molecule has 0 aliphatic carbocycles. The van der Waals surface area contributed by atoms with Crippen molar-refractivity contribution in [3.8, 4) is 11.3 Å². The Morgan fingerprint density at radius 1 is 1.17 bits per heavy atom. The zero-order valence-electron chi connectivity index (χ0n) is 12.3. The quantitative estimate of drug-likeness (QED) is 0.551. The van der Waals surface area contributed by atoms with Gasteiger partial charge < -0.3 is 9.73 Å². The van der Waals surface area contributed by atoms with Gasteiger partial charge in [0, 0.05) is 20.7 Å². The number of anilines is 1. The van der Waals surface area contributed by atoms with Crippen molar-refractivity contribution in [2.75, 3.05) is 11.1 Å². The highest BCUT2D eigenvalue weighted by molar-refractivity contribution is 9.10. The van der Waals surface area contributed by atoms with Crippen LogP contribution < -0.4 is 5.32 Å². The van der Waals surface area contributed by atoms with E-state index in [1.165, 1.54) is 11.8 Å². The van der Waals surface area contributed by atoms with Gasteiger partial charge in [-0.15, -0.1) is 0 Å². The van der Waals surface area contributed by atoms with Crippen LogP contribution in [0.4, 0.5) is 5.69 Å². The van der Waals surface area contributed by atoms with E-state index in [9.17, 15) is 4.79 Å². The Labute approximate surface area is 156 Å². The predicted molar refractivity (Wildman–Crippen MR) is 100 cm³/mol. The minimum absolute atomic E-state index is 0.117. The van der Waals surface area contributed by atoms with Gasteiger partial charge >= 0.3 is 0 Å². The standard InChI is InChI=1S/C17H12BrClN2O2S/c18-12-3-7-14(8-4-12)21-16(22)10-24-17-20-9-15(23-17)11-1-5-13(19)6-2-11/h1-9H,10H2,(H,21,22). The summed E-state index contributed by atoms with van der Waals surface area (Å²) < 4.78 is 6.61. The lowest BCUT2D eigenvalue weighted by Crippen LogP contribution is -2.13. The molecule has 1 amide bonds. The number of hydrogen-bond acceptors (Lipinski definition) is 4. The van der Waals surface area contributed by atoms with Crippen molar-refractivity contribution in [3.05, 3.63) is 64.2 Å². The van der Waals surface area contributed by atoms with Gasteiger partial charge in [0.15, 0.2) is 5.76 Å². The molecule has 0 atom stereocenters. The number of hydrogen-bond donors (Lipinski definition) is 1. The number of rotatable bonds is 5. The van der Waals surface area contributed by atoms with Crippen molar-refractivity contribution < 1.29 is 9.21 Å². The first-order chi connectivity index (χ1) is 11.6. The number of thioether (sulfide) groups is 1. The van der Waals surface area contributed by atoms with E-state index in [1.807, 2.05) is 36.4 Å². The van der Waals surface area contributed by atoms with Crippen LogP contribution in [0.1, 0.15) is 0 Å². The average Bonchev–Trinajstić information content (AvgIpc) is 3.05. The second-order valence-electron chi connectivity index (χ2n) is 4.84. The molecule has 1 heterocycles. The fourth-order valence-corrected chi connectivity index (χ4v) is 2.92. The summed E-state index contributed by atoms with van der Waals surface area (Å²) >= 11 is 10.5. The van der Waals surface area contributed by atoms with Crippen LogP contribution in [0.2, 0.25) is 5.02 Å². The van der Waals surface area contributed by atoms with Gasteiger partial charge in [0.2, 0.25) is 5.91 Å². The molecule has 0 spiro atoms. The van der Waals surface area contributed by atoms with Crippen molar-refractivity contribution >= 4 is 50.9 Å². The maximum Gasteiger partial charge on any atom is 0.256 e. The third-order valence-electron chi connectivity index (χ3n) is 3.07. The molecule has 1 aromatic heterocycles. The van der Waals surface area contributed by atoms with Crippen molar-refractivity contribution in [2.45, 2.75) is 5.22 Å². The summed E-state index contributed by atoms with van der Waals surface area (Å²) in [6.45, 7) is 0. The van der Waals surface area contributed by atoms with Gasteiger partial charge in [0.05, 0.1) is 11.9 Å². The maximum absolute atomic E-state index is 12.0. The fraction of sp³-hybridized carbons (Fsp3) is 0.0588. The molecule has 0 radical (unpaired) electrons. The minimum Gasteiger partial charge on any atom is -0.431 e. The molecule has 0 fully saturated rings. The zero-order chi connectivity index (χ0) is 16.9. The summed E-state index contributed by atoms with van der Waals surface area (Å²) in [7, 11) is 0. The van der Waals surface area contributed by atoms with Crippen LogP contribution in [0.15, 0.2) is 68.8 Å². The Hall–Kier alpha value is -1.76. The van der Waals surface area contributed by atoms with Crippen LogP contribution >= 0.6 is 39.3 Å². The van der Waals surface area contributed by atoms with Gasteiger partial charge in [-0.05, 0) is 48.5 Å². The first kappa shape index (κ1) is 17.1. The third-order valence-corrected chi connectivity index (χ3v) is 4.69. The van der Waals surface area contributed by atoms with Crippen LogP contribution in [0, 0.1) is 0 Å². The van der Waals surface area contributed by atoms with E-state index in [1.54, 1.807) is 18.3 Å². The number of oxazole rings is 1. The van der Waals surface area contributed by atoms with E-state index in [4.69, 9.17) is 16.0 Å². The first-order valence-corrected chi connectivity index (χ1v) is 9.16. The summed E-state index contributed by atoms with van der Waals surface area (Å²) in [4.78, 5) is 16.1. The number of amides is 1. The highest BCUT2D eigenvalue weighted by Crippen LogP contribution is 2.26. The van der Waals surface area contributed by atoms with E-state index in [-0.39, 0.29) is 11.7 Å². The number of carbonyl (C=O) groups excluding carboxylic acids is 1. The number of benzene rings is 2. The van der Waals surface area contributed by atoms with Crippen LogP contribution in [0.3, 0.4) is 0 Å². The molecule has 1 N–H and O–H groups in total. The first-order valence-electron chi connectivity index (χ1n) is 7.00. The molecule has 0 saturated heterocycles. The Morgan fingerprint density at radius 3 is 2.58 bits per heavy atom. The average molecular weight is 424 g/mol. The number of nitrogens with zero attached hydrogens (tertiary/aromatic N) is 1. The molecule has 3 rings (SSSR count). The van der Waals surface area contributed by atoms with Gasteiger partial charge in [-0.25, -0.2) is 4.98 Å². The minimum atomic E-state index is -0.117. The van der Waals surface area contributed by atoms with Gasteiger partial charge in [0.25, 0.3) is 5.22 Å². The lowest BCUT2D eigenvalue weighted by Gasteiger charge is -2.03. The van der Waals surface area contributed by atoms with E-state index < -0.39 is 0 Å². The largest absolute Gasteiger partial charge is 0.431 e. The van der Waals surface area contributed by atoms with Crippen molar-refractivity contribution in [1.29, 1.82) is 0 Å². The second-order valence-corrected chi connectivity index (χ2v) is 7.12. The summed E-state index contributed by atoms with van der Waals surface area (Å²) in [6, 6.07) is 14.7. The molecule has 24 heavy (non-hydrogen) atoms. The van der Waals surface area contributed by atoms with Crippen LogP contribution in [-0.4, -0.2) is 16.6 Å². The van der Waals surface area contributed by atoms with E-state index in [0.29, 0.717) is 16.0 Å². The summed E-state index contributed by atoms with van der Waals surface area (Å²) in [6.07, 6.45) is 1.64. The lowest BCUT2D eigenvalue weighted by atomic mass is 10.2. The molecule has 2 aromatic carbocycles. The van der Waals surface area contributed by atoms with Crippen LogP contribution in [-0.2, 0) is 4.79 Å². The monoisotopic (exact) mass is 422 g/mol. The molecule has 0 bridgehead atoms. The molecule has 0 aliphatic rings. The Kier molecular flexibility index (Phi) is 5.60. The third kappa shape index (κ3) is 4.63. The topological polar surface area (TPSA) is 55.1 Å². The predicted octanol–water partition coefficient (Wildman–Crippen LogP) is 5.49. The smallest absolute Gasteiger partial charge is 0.256 e. The van der Waals surface area contributed by atoms with E-state index in [2.05, 4.69) is 26.2 Å². The highest BCUT2D eigenvalue weighted by atomic mass is 79.9. The zero-order valence-corrected chi connectivity index (χ0v) is 15.5. The summed E-state index contributed by atoms with van der Waals surface area (Å²) in [5.74, 6) is 0.743.